The molecule has 0 fully saturated rings. The van der Waals surface area contributed by atoms with Gasteiger partial charge in [-0.1, -0.05) is 12.1 Å². The van der Waals surface area contributed by atoms with Crippen molar-refractivity contribution >= 4 is 15.8 Å². The fourth-order valence-electron chi connectivity index (χ4n) is 1.80. The molecule has 0 aliphatic rings. The minimum Gasteiger partial charge on any atom is -0.478 e. The molecule has 0 atom stereocenters. The summed E-state index contributed by atoms with van der Waals surface area (Å²) in [5.74, 6) is -3.92. The van der Waals surface area contributed by atoms with Gasteiger partial charge in [-0.25, -0.2) is 22.0 Å². The van der Waals surface area contributed by atoms with Crippen molar-refractivity contribution < 1.29 is 27.1 Å². The molecule has 0 unspecified atom stereocenters. The van der Waals surface area contributed by atoms with E-state index in [-0.39, 0.29) is 11.1 Å². The number of halogens is 2. The SMILES string of the molecule is O=C(O)c1ccc(F)c(CS(=O)(=O)c2ccccc2F)c1. The molecule has 2 aromatic rings. The number of carboxylic acid groups (broad SMARTS) is 1. The van der Waals surface area contributed by atoms with Crippen LogP contribution >= 0.6 is 0 Å². The Morgan fingerprint density at radius 3 is 2.33 bits per heavy atom. The van der Waals surface area contributed by atoms with Crippen LogP contribution in [0.3, 0.4) is 0 Å². The topological polar surface area (TPSA) is 71.4 Å². The highest BCUT2D eigenvalue weighted by Gasteiger charge is 2.21. The first kappa shape index (κ1) is 15.1. The third-order valence-corrected chi connectivity index (χ3v) is 4.50. The van der Waals surface area contributed by atoms with Gasteiger partial charge in [0.05, 0.1) is 11.3 Å². The lowest BCUT2D eigenvalue weighted by Crippen LogP contribution is -2.09. The zero-order chi connectivity index (χ0) is 15.6. The second kappa shape index (κ2) is 5.61. The van der Waals surface area contributed by atoms with Crippen LogP contribution in [-0.4, -0.2) is 19.5 Å². The Bertz CT molecular complexity index is 800. The molecule has 0 radical (unpaired) electrons. The van der Waals surface area contributed by atoms with Crippen LogP contribution in [0.4, 0.5) is 8.78 Å². The highest BCUT2D eigenvalue weighted by atomic mass is 32.2. The first-order chi connectivity index (χ1) is 9.81. The normalized spacial score (nSPS) is 11.3. The highest BCUT2D eigenvalue weighted by Crippen LogP contribution is 2.21. The lowest BCUT2D eigenvalue weighted by Gasteiger charge is -2.07. The van der Waals surface area contributed by atoms with Crippen molar-refractivity contribution in [2.45, 2.75) is 10.6 Å². The van der Waals surface area contributed by atoms with Crippen molar-refractivity contribution in [1.82, 2.24) is 0 Å². The molecule has 0 spiro atoms. The minimum absolute atomic E-state index is 0.241. The summed E-state index contributed by atoms with van der Waals surface area (Å²) >= 11 is 0. The van der Waals surface area contributed by atoms with Gasteiger partial charge in [0.25, 0.3) is 0 Å². The van der Waals surface area contributed by atoms with Crippen LogP contribution in [-0.2, 0) is 15.6 Å². The average molecular weight is 312 g/mol. The van der Waals surface area contributed by atoms with Crippen LogP contribution < -0.4 is 0 Å². The smallest absolute Gasteiger partial charge is 0.335 e. The maximum absolute atomic E-state index is 13.6. The van der Waals surface area contributed by atoms with Crippen molar-refractivity contribution in [2.75, 3.05) is 0 Å². The standard InChI is InChI=1S/C14H10F2O4S/c15-11-6-5-9(14(17)18)7-10(11)8-21(19,20)13-4-2-1-3-12(13)16/h1-7H,8H2,(H,17,18). The van der Waals surface area contributed by atoms with E-state index >= 15 is 0 Å². The molecule has 0 amide bonds. The van der Waals surface area contributed by atoms with Gasteiger partial charge in [-0.2, -0.15) is 0 Å². The summed E-state index contributed by atoms with van der Waals surface area (Å²) in [5.41, 5.74) is -0.562. The van der Waals surface area contributed by atoms with Gasteiger partial charge in [-0.05, 0) is 30.3 Å². The van der Waals surface area contributed by atoms with E-state index in [1.165, 1.54) is 12.1 Å². The number of hydrogen-bond acceptors (Lipinski definition) is 3. The summed E-state index contributed by atoms with van der Waals surface area (Å²) in [7, 11) is -4.12. The molecule has 0 aliphatic heterocycles. The van der Waals surface area contributed by atoms with Gasteiger partial charge < -0.3 is 5.11 Å². The molecule has 0 heterocycles. The van der Waals surface area contributed by atoms with E-state index in [2.05, 4.69) is 0 Å². The van der Waals surface area contributed by atoms with E-state index in [0.29, 0.717) is 0 Å². The van der Waals surface area contributed by atoms with Crippen LogP contribution in [0.1, 0.15) is 15.9 Å². The number of carbonyl (C=O) groups is 1. The Kier molecular flexibility index (Phi) is 4.04. The van der Waals surface area contributed by atoms with E-state index in [4.69, 9.17) is 5.11 Å². The first-order valence-electron chi connectivity index (χ1n) is 5.80. The fraction of sp³-hybridized carbons (Fsp3) is 0.0714. The summed E-state index contributed by atoms with van der Waals surface area (Å²) in [6.45, 7) is 0. The molecule has 0 aliphatic carbocycles. The zero-order valence-electron chi connectivity index (χ0n) is 10.6. The molecule has 0 bridgehead atoms. The van der Waals surface area contributed by atoms with Gasteiger partial charge in [-0.3, -0.25) is 0 Å². The molecule has 110 valence electrons. The van der Waals surface area contributed by atoms with Crippen molar-refractivity contribution in [3.63, 3.8) is 0 Å². The third kappa shape index (κ3) is 3.25. The van der Waals surface area contributed by atoms with Gasteiger partial charge in [-0.15, -0.1) is 0 Å². The quantitative estimate of drug-likeness (QED) is 0.942. The number of benzene rings is 2. The van der Waals surface area contributed by atoms with Crippen molar-refractivity contribution in [3.8, 4) is 0 Å². The molecule has 2 rings (SSSR count). The predicted molar refractivity (Wildman–Crippen MR) is 70.6 cm³/mol. The molecular formula is C14H10F2O4S. The number of rotatable bonds is 4. The Hall–Kier alpha value is -2.28. The molecule has 0 aromatic heterocycles. The van der Waals surface area contributed by atoms with Crippen LogP contribution in [0.5, 0.6) is 0 Å². The second-order valence-electron chi connectivity index (χ2n) is 4.30. The summed E-state index contributed by atoms with van der Waals surface area (Å²) in [6.07, 6.45) is 0. The van der Waals surface area contributed by atoms with Crippen LogP contribution in [0.25, 0.3) is 0 Å². The van der Waals surface area contributed by atoms with Crippen molar-refractivity contribution in [3.05, 3.63) is 65.2 Å². The maximum Gasteiger partial charge on any atom is 0.335 e. The first-order valence-corrected chi connectivity index (χ1v) is 7.45. The largest absolute Gasteiger partial charge is 0.478 e. The minimum atomic E-state index is -4.12. The van der Waals surface area contributed by atoms with Gasteiger partial charge in [0.15, 0.2) is 9.84 Å². The van der Waals surface area contributed by atoms with E-state index in [9.17, 15) is 22.0 Å². The van der Waals surface area contributed by atoms with Gasteiger partial charge in [0.2, 0.25) is 0 Å². The Balaban J connectivity index is 2.44. The number of carboxylic acids is 1. The molecule has 7 heteroatoms. The molecule has 4 nitrogen and oxygen atoms in total. The van der Waals surface area contributed by atoms with Crippen LogP contribution in [0, 0.1) is 11.6 Å². The average Bonchev–Trinajstić information content (AvgIpc) is 2.41. The Morgan fingerprint density at radius 2 is 1.71 bits per heavy atom. The monoisotopic (exact) mass is 312 g/mol. The van der Waals surface area contributed by atoms with Gasteiger partial charge >= 0.3 is 5.97 Å². The summed E-state index contributed by atoms with van der Waals surface area (Å²) in [5, 5.41) is 8.83. The van der Waals surface area contributed by atoms with Crippen molar-refractivity contribution in [2.24, 2.45) is 0 Å². The Labute approximate surface area is 119 Å². The van der Waals surface area contributed by atoms with E-state index in [1.807, 2.05) is 0 Å². The molecule has 0 saturated carbocycles. The number of aromatic carboxylic acids is 1. The number of hydrogen-bond donors (Lipinski definition) is 1. The lowest BCUT2D eigenvalue weighted by atomic mass is 10.1. The van der Waals surface area contributed by atoms with E-state index < -0.39 is 38.1 Å². The summed E-state index contributed by atoms with van der Waals surface area (Å²) < 4.78 is 51.4. The lowest BCUT2D eigenvalue weighted by molar-refractivity contribution is 0.0696. The number of sulfone groups is 1. The molecular weight excluding hydrogens is 302 g/mol. The third-order valence-electron chi connectivity index (χ3n) is 2.81. The molecule has 0 saturated heterocycles. The predicted octanol–water partition coefficient (Wildman–Crippen LogP) is 2.64. The zero-order valence-corrected chi connectivity index (χ0v) is 11.4. The highest BCUT2D eigenvalue weighted by molar-refractivity contribution is 7.90. The maximum atomic E-state index is 13.6. The Morgan fingerprint density at radius 1 is 1.05 bits per heavy atom. The van der Waals surface area contributed by atoms with Gasteiger partial charge in [0, 0.05) is 5.56 Å². The van der Waals surface area contributed by atoms with Gasteiger partial charge in [0.1, 0.15) is 16.5 Å². The van der Waals surface area contributed by atoms with E-state index in [1.54, 1.807) is 0 Å². The molecule has 21 heavy (non-hydrogen) atoms. The summed E-state index contributed by atoms with van der Waals surface area (Å²) in [6, 6.07) is 7.56. The van der Waals surface area contributed by atoms with Crippen LogP contribution in [0.2, 0.25) is 0 Å². The molecule has 2 aromatic carbocycles. The van der Waals surface area contributed by atoms with E-state index in [0.717, 1.165) is 30.3 Å². The van der Waals surface area contributed by atoms with Crippen molar-refractivity contribution in [1.29, 1.82) is 0 Å². The second-order valence-corrected chi connectivity index (χ2v) is 6.26. The van der Waals surface area contributed by atoms with Crippen LogP contribution in [0.15, 0.2) is 47.4 Å². The summed E-state index contributed by atoms with van der Waals surface area (Å²) in [4.78, 5) is 10.3. The fourth-order valence-corrected chi connectivity index (χ4v) is 3.24. The molecule has 1 N–H and O–H groups in total.